The number of aromatic nitrogens is 2. The Morgan fingerprint density at radius 2 is 2.29 bits per heavy atom. The fraction of sp³-hybridized carbons (Fsp3) is 0.167. The van der Waals surface area contributed by atoms with Gasteiger partial charge in [-0.25, -0.2) is 23.5 Å². The highest BCUT2D eigenvalue weighted by atomic mass is 79.9. The summed E-state index contributed by atoms with van der Waals surface area (Å²) in [6, 6.07) is 0. The van der Waals surface area contributed by atoms with Crippen molar-refractivity contribution in [2.24, 2.45) is 0 Å². The quantitative estimate of drug-likeness (QED) is 0.862. The maximum atomic E-state index is 12.2. The van der Waals surface area contributed by atoms with E-state index in [1.807, 2.05) is 0 Å². The molecule has 0 aliphatic heterocycles. The van der Waals surface area contributed by atoms with Crippen LogP contribution in [0.5, 0.6) is 0 Å². The summed E-state index contributed by atoms with van der Waals surface area (Å²) in [5, 5.41) is 10.0. The largest absolute Gasteiger partial charge is 0.465 e. The van der Waals surface area contributed by atoms with Crippen LogP contribution in [0.2, 0.25) is 0 Å². The molecular weight excluding hydrogens is 264 g/mol. The van der Waals surface area contributed by atoms with Crippen molar-refractivity contribution < 1.29 is 18.7 Å². The highest BCUT2D eigenvalue weighted by Gasteiger charge is 2.15. The maximum absolute atomic E-state index is 12.2. The molecule has 1 rings (SSSR count). The van der Waals surface area contributed by atoms with E-state index < -0.39 is 18.2 Å². The predicted molar refractivity (Wildman–Crippen MR) is 46.3 cm³/mol. The van der Waals surface area contributed by atoms with Gasteiger partial charge in [-0.05, 0) is 15.9 Å². The van der Waals surface area contributed by atoms with E-state index >= 15 is 0 Å². The minimum atomic E-state index is -2.79. The highest BCUT2D eigenvalue weighted by molar-refractivity contribution is 9.10. The molecule has 1 heterocycles. The molecule has 8 heteroatoms. The van der Waals surface area contributed by atoms with Gasteiger partial charge in [0.1, 0.15) is 5.69 Å². The Morgan fingerprint density at radius 1 is 1.64 bits per heavy atom. The van der Waals surface area contributed by atoms with Crippen molar-refractivity contribution in [3.8, 4) is 0 Å². The lowest BCUT2D eigenvalue weighted by atomic mass is 10.4. The van der Waals surface area contributed by atoms with Crippen LogP contribution in [0.15, 0.2) is 10.7 Å². The van der Waals surface area contributed by atoms with Crippen LogP contribution in [-0.4, -0.2) is 21.2 Å². The van der Waals surface area contributed by atoms with Gasteiger partial charge < -0.3 is 5.11 Å². The number of rotatable bonds is 2. The summed E-state index contributed by atoms with van der Waals surface area (Å²) in [5.74, 6) is -0.379. The lowest BCUT2D eigenvalue weighted by molar-refractivity contribution is 0.145. The molecule has 0 spiro atoms. The van der Waals surface area contributed by atoms with E-state index in [4.69, 9.17) is 5.11 Å². The highest BCUT2D eigenvalue weighted by Crippen LogP contribution is 2.25. The van der Waals surface area contributed by atoms with E-state index in [1.54, 1.807) is 5.32 Å². The van der Waals surface area contributed by atoms with Crippen molar-refractivity contribution in [2.75, 3.05) is 5.32 Å². The second-order valence-corrected chi connectivity index (χ2v) is 3.01. The fourth-order valence-electron chi connectivity index (χ4n) is 0.689. The Hall–Kier alpha value is -1.31. The summed E-state index contributed by atoms with van der Waals surface area (Å²) in [6.45, 7) is 0. The summed E-state index contributed by atoms with van der Waals surface area (Å²) >= 11 is 2.82. The number of alkyl halides is 2. The molecule has 0 aliphatic carbocycles. The van der Waals surface area contributed by atoms with Crippen molar-refractivity contribution in [1.82, 2.24) is 9.97 Å². The number of halogens is 3. The first-order valence-corrected chi connectivity index (χ1v) is 4.10. The first-order valence-electron chi connectivity index (χ1n) is 3.31. The Kier molecular flexibility index (Phi) is 3.28. The van der Waals surface area contributed by atoms with Crippen LogP contribution in [0.3, 0.4) is 0 Å². The van der Waals surface area contributed by atoms with Crippen LogP contribution in [0.25, 0.3) is 0 Å². The van der Waals surface area contributed by atoms with Crippen LogP contribution in [-0.2, 0) is 0 Å². The third-order valence-electron chi connectivity index (χ3n) is 1.20. The van der Waals surface area contributed by atoms with Crippen molar-refractivity contribution in [2.45, 2.75) is 6.43 Å². The van der Waals surface area contributed by atoms with E-state index in [0.29, 0.717) is 0 Å². The summed E-state index contributed by atoms with van der Waals surface area (Å²) < 4.78 is 24.5. The van der Waals surface area contributed by atoms with Crippen LogP contribution in [0.1, 0.15) is 12.1 Å². The molecule has 14 heavy (non-hydrogen) atoms. The number of anilines is 1. The molecule has 1 amide bonds. The van der Waals surface area contributed by atoms with E-state index in [9.17, 15) is 13.6 Å². The average Bonchev–Trinajstić information content (AvgIpc) is 2.07. The van der Waals surface area contributed by atoms with Gasteiger partial charge >= 0.3 is 6.09 Å². The number of nitrogens with one attached hydrogen (secondary N) is 1. The lowest BCUT2D eigenvalue weighted by Gasteiger charge is -2.03. The van der Waals surface area contributed by atoms with Crippen LogP contribution in [0, 0.1) is 0 Å². The standard InChI is InChI=1S/C6H4BrF2N3O2/c7-2-1-10-5(12-6(13)14)11-3(2)4(8)9/h1,4H,(H,13,14)(H,10,11,12). The first-order chi connectivity index (χ1) is 6.50. The Bertz CT molecular complexity index is 361. The van der Waals surface area contributed by atoms with E-state index in [-0.39, 0.29) is 10.4 Å². The predicted octanol–water partition coefficient (Wildman–Crippen LogP) is 2.27. The van der Waals surface area contributed by atoms with E-state index in [1.165, 1.54) is 0 Å². The van der Waals surface area contributed by atoms with Crippen molar-refractivity contribution in [3.63, 3.8) is 0 Å². The minimum absolute atomic E-state index is 0.0310. The smallest absolute Gasteiger partial charge is 0.411 e. The Morgan fingerprint density at radius 3 is 2.79 bits per heavy atom. The van der Waals surface area contributed by atoms with E-state index in [0.717, 1.165) is 6.20 Å². The molecule has 0 fully saturated rings. The van der Waals surface area contributed by atoms with Gasteiger partial charge in [-0.1, -0.05) is 0 Å². The molecule has 0 bridgehead atoms. The number of hydrogen-bond acceptors (Lipinski definition) is 3. The molecule has 0 saturated heterocycles. The number of carboxylic acid groups (broad SMARTS) is 1. The van der Waals surface area contributed by atoms with Gasteiger partial charge in [-0.15, -0.1) is 0 Å². The fourth-order valence-corrected chi connectivity index (χ4v) is 1.05. The zero-order valence-electron chi connectivity index (χ0n) is 6.54. The summed E-state index contributed by atoms with van der Waals surface area (Å²) in [6.07, 6.45) is -3.14. The second-order valence-electron chi connectivity index (χ2n) is 2.16. The average molecular weight is 268 g/mol. The number of hydrogen-bond donors (Lipinski definition) is 2. The molecular formula is C6H4BrF2N3O2. The molecule has 0 saturated carbocycles. The second kappa shape index (κ2) is 4.27. The van der Waals surface area contributed by atoms with Gasteiger partial charge in [0.15, 0.2) is 0 Å². The maximum Gasteiger partial charge on any atom is 0.411 e. The third-order valence-corrected chi connectivity index (χ3v) is 1.81. The molecule has 0 unspecified atom stereocenters. The summed E-state index contributed by atoms with van der Waals surface area (Å²) in [4.78, 5) is 16.9. The molecule has 5 nitrogen and oxygen atoms in total. The van der Waals surface area contributed by atoms with Crippen molar-refractivity contribution in [3.05, 3.63) is 16.4 Å². The van der Waals surface area contributed by atoms with Crippen molar-refractivity contribution in [1.29, 1.82) is 0 Å². The van der Waals surface area contributed by atoms with Gasteiger partial charge in [-0.3, -0.25) is 5.32 Å². The van der Waals surface area contributed by atoms with Crippen LogP contribution < -0.4 is 5.32 Å². The molecule has 0 aliphatic rings. The molecule has 1 aromatic rings. The van der Waals surface area contributed by atoms with Gasteiger partial charge in [-0.2, -0.15) is 0 Å². The summed E-state index contributed by atoms with van der Waals surface area (Å²) in [5.41, 5.74) is -0.552. The summed E-state index contributed by atoms with van der Waals surface area (Å²) in [7, 11) is 0. The number of nitrogens with zero attached hydrogens (tertiary/aromatic N) is 2. The van der Waals surface area contributed by atoms with Crippen LogP contribution >= 0.6 is 15.9 Å². The molecule has 0 aromatic carbocycles. The first kappa shape index (κ1) is 10.8. The number of amides is 1. The zero-order chi connectivity index (χ0) is 10.7. The lowest BCUT2D eigenvalue weighted by Crippen LogP contribution is -2.11. The molecule has 0 radical (unpaired) electrons. The Labute approximate surface area is 85.3 Å². The van der Waals surface area contributed by atoms with Crippen LogP contribution in [0.4, 0.5) is 19.5 Å². The van der Waals surface area contributed by atoms with E-state index in [2.05, 4.69) is 25.9 Å². The number of carbonyl (C=O) groups is 1. The Balaban J connectivity index is 3.00. The van der Waals surface area contributed by atoms with Crippen molar-refractivity contribution >= 4 is 28.0 Å². The zero-order valence-corrected chi connectivity index (χ0v) is 8.12. The monoisotopic (exact) mass is 267 g/mol. The molecule has 0 atom stereocenters. The van der Waals surface area contributed by atoms with Gasteiger partial charge in [0, 0.05) is 6.20 Å². The topological polar surface area (TPSA) is 75.1 Å². The van der Waals surface area contributed by atoms with Gasteiger partial charge in [0.25, 0.3) is 6.43 Å². The van der Waals surface area contributed by atoms with Gasteiger partial charge in [0.05, 0.1) is 4.47 Å². The van der Waals surface area contributed by atoms with Gasteiger partial charge in [0.2, 0.25) is 5.95 Å². The normalized spacial score (nSPS) is 10.3. The molecule has 76 valence electrons. The molecule has 2 N–H and O–H groups in total. The molecule has 1 aromatic heterocycles. The third kappa shape index (κ3) is 2.59. The SMILES string of the molecule is O=C(O)Nc1ncc(Br)c(C(F)F)n1. The minimum Gasteiger partial charge on any atom is -0.465 e.